The van der Waals surface area contributed by atoms with Crippen LogP contribution in [0.25, 0.3) is 0 Å². The Bertz CT molecular complexity index is 442. The lowest BCUT2D eigenvalue weighted by Crippen LogP contribution is -1.99. The van der Waals surface area contributed by atoms with Crippen LogP contribution >= 0.6 is 0 Å². The molecule has 0 unspecified atom stereocenters. The number of carbonyl (C=O) groups excluding carboxylic acids is 1. The molecule has 0 heterocycles. The number of hydrogen-bond acceptors (Lipinski definition) is 3. The van der Waals surface area contributed by atoms with Gasteiger partial charge >= 0.3 is 11.9 Å². The van der Waals surface area contributed by atoms with Gasteiger partial charge in [0.05, 0.1) is 7.11 Å². The third kappa shape index (κ3) is 16.8. The fraction of sp³-hybridized carbons (Fsp3) is 0.619. The minimum atomic E-state index is -0.722. The maximum atomic E-state index is 10.7. The maximum absolute atomic E-state index is 10.7. The number of unbranched alkanes of at least 4 members (excludes halogenated alkanes) is 6. The molecule has 1 aromatic carbocycles. The van der Waals surface area contributed by atoms with Crippen molar-refractivity contribution in [1.82, 2.24) is 0 Å². The molecule has 0 amide bonds. The van der Waals surface area contributed by atoms with Crippen LogP contribution in [-0.2, 0) is 20.7 Å². The SMILES string of the molecule is CCCCc1ccccc1.COC(=O)CCCCCCCCC(=O)O. The van der Waals surface area contributed by atoms with Crippen molar-refractivity contribution in [3.63, 3.8) is 0 Å². The minimum Gasteiger partial charge on any atom is -0.481 e. The predicted molar refractivity (Wildman–Crippen MR) is 102 cm³/mol. The number of hydrogen-bond donors (Lipinski definition) is 1. The molecule has 0 saturated heterocycles. The molecule has 0 radical (unpaired) electrons. The molecule has 1 rings (SSSR count). The molecule has 0 aliphatic carbocycles. The van der Waals surface area contributed by atoms with E-state index in [4.69, 9.17) is 5.11 Å². The van der Waals surface area contributed by atoms with Crippen molar-refractivity contribution >= 4 is 11.9 Å². The van der Waals surface area contributed by atoms with Crippen LogP contribution in [0.2, 0.25) is 0 Å². The lowest BCUT2D eigenvalue weighted by molar-refractivity contribution is -0.141. The molecule has 0 aliphatic heterocycles. The molecule has 4 heteroatoms. The second-order valence-corrected chi connectivity index (χ2v) is 6.18. The molecule has 0 bridgehead atoms. The summed E-state index contributed by atoms with van der Waals surface area (Å²) >= 11 is 0. The first-order valence-corrected chi connectivity index (χ1v) is 9.42. The number of methoxy groups -OCH3 is 1. The molecule has 0 spiro atoms. The second kappa shape index (κ2) is 17.0. The largest absolute Gasteiger partial charge is 0.481 e. The first-order valence-electron chi connectivity index (χ1n) is 9.42. The predicted octanol–water partition coefficient (Wildman–Crippen LogP) is 5.39. The summed E-state index contributed by atoms with van der Waals surface area (Å²) in [6.07, 6.45) is 10.3. The second-order valence-electron chi connectivity index (χ2n) is 6.18. The van der Waals surface area contributed by atoms with Crippen LogP contribution in [0.5, 0.6) is 0 Å². The Balaban J connectivity index is 0.000000496. The smallest absolute Gasteiger partial charge is 0.305 e. The van der Waals surface area contributed by atoms with Gasteiger partial charge in [0, 0.05) is 12.8 Å². The van der Waals surface area contributed by atoms with E-state index in [9.17, 15) is 9.59 Å². The first kappa shape index (κ1) is 23.2. The molecule has 1 aromatic rings. The number of carboxylic acids is 1. The molecule has 0 saturated carbocycles. The van der Waals surface area contributed by atoms with E-state index in [1.807, 2.05) is 0 Å². The van der Waals surface area contributed by atoms with Crippen molar-refractivity contribution in [2.75, 3.05) is 7.11 Å². The van der Waals surface area contributed by atoms with Crippen LogP contribution in [0.15, 0.2) is 30.3 Å². The number of aryl methyl sites for hydroxylation is 1. The van der Waals surface area contributed by atoms with E-state index in [-0.39, 0.29) is 12.4 Å². The third-order valence-electron chi connectivity index (χ3n) is 3.91. The highest BCUT2D eigenvalue weighted by molar-refractivity contribution is 5.69. The zero-order valence-electron chi connectivity index (χ0n) is 15.8. The summed E-state index contributed by atoms with van der Waals surface area (Å²) in [5.41, 5.74) is 1.46. The fourth-order valence-corrected chi connectivity index (χ4v) is 2.38. The van der Waals surface area contributed by atoms with Crippen molar-refractivity contribution < 1.29 is 19.4 Å². The van der Waals surface area contributed by atoms with Gasteiger partial charge in [-0.2, -0.15) is 0 Å². The van der Waals surface area contributed by atoms with Gasteiger partial charge in [0.15, 0.2) is 0 Å². The summed E-state index contributed by atoms with van der Waals surface area (Å²) in [6.45, 7) is 2.23. The number of aliphatic carboxylic acids is 1. The molecule has 0 atom stereocenters. The molecule has 25 heavy (non-hydrogen) atoms. The number of ether oxygens (including phenoxy) is 1. The Morgan fingerprint density at radius 2 is 1.44 bits per heavy atom. The number of esters is 1. The van der Waals surface area contributed by atoms with Crippen molar-refractivity contribution in [1.29, 1.82) is 0 Å². The summed E-state index contributed by atoms with van der Waals surface area (Å²) in [5.74, 6) is -0.874. The van der Waals surface area contributed by atoms with Gasteiger partial charge < -0.3 is 9.84 Å². The van der Waals surface area contributed by atoms with Gasteiger partial charge in [0.1, 0.15) is 0 Å². The van der Waals surface area contributed by atoms with Crippen LogP contribution in [0.4, 0.5) is 0 Å². The molecule has 4 nitrogen and oxygen atoms in total. The Kier molecular flexibility index (Phi) is 15.7. The van der Waals surface area contributed by atoms with Crippen LogP contribution in [0, 0.1) is 0 Å². The average molecular weight is 350 g/mol. The van der Waals surface area contributed by atoms with Crippen LogP contribution in [0.3, 0.4) is 0 Å². The maximum Gasteiger partial charge on any atom is 0.305 e. The number of carbonyl (C=O) groups is 2. The summed E-state index contributed by atoms with van der Waals surface area (Å²) < 4.78 is 4.52. The Hall–Kier alpha value is -1.84. The summed E-state index contributed by atoms with van der Waals surface area (Å²) in [4.78, 5) is 20.9. The summed E-state index contributed by atoms with van der Waals surface area (Å²) in [6, 6.07) is 10.6. The molecule has 1 N–H and O–H groups in total. The minimum absolute atomic E-state index is 0.152. The van der Waals surface area contributed by atoms with E-state index < -0.39 is 5.97 Å². The number of benzene rings is 1. The molecule has 0 fully saturated rings. The Labute approximate surface area is 152 Å². The van der Waals surface area contributed by atoms with E-state index in [1.54, 1.807) is 0 Å². The molecule has 0 aromatic heterocycles. The quantitative estimate of drug-likeness (QED) is 0.405. The zero-order valence-corrected chi connectivity index (χ0v) is 15.8. The lowest BCUT2D eigenvalue weighted by Gasteiger charge is -2.00. The van der Waals surface area contributed by atoms with Gasteiger partial charge in [-0.3, -0.25) is 9.59 Å². The van der Waals surface area contributed by atoms with Gasteiger partial charge in [0.25, 0.3) is 0 Å². The van der Waals surface area contributed by atoms with Gasteiger partial charge in [-0.15, -0.1) is 0 Å². The summed E-state index contributed by atoms with van der Waals surface area (Å²) in [5, 5.41) is 8.39. The molecular formula is C21H34O4. The highest BCUT2D eigenvalue weighted by atomic mass is 16.5. The first-order chi connectivity index (χ1) is 12.1. The summed E-state index contributed by atoms with van der Waals surface area (Å²) in [7, 11) is 1.40. The van der Waals surface area contributed by atoms with Crippen molar-refractivity contribution in [2.45, 2.75) is 77.6 Å². The van der Waals surface area contributed by atoms with E-state index >= 15 is 0 Å². The van der Waals surface area contributed by atoms with E-state index in [0.29, 0.717) is 6.42 Å². The van der Waals surface area contributed by atoms with E-state index in [1.165, 1.54) is 31.9 Å². The van der Waals surface area contributed by atoms with Crippen molar-refractivity contribution in [2.24, 2.45) is 0 Å². The fourth-order valence-electron chi connectivity index (χ4n) is 2.38. The molecule has 0 aliphatic rings. The molecular weight excluding hydrogens is 316 g/mol. The zero-order chi connectivity index (χ0) is 18.8. The van der Waals surface area contributed by atoms with Crippen LogP contribution in [-0.4, -0.2) is 24.2 Å². The average Bonchev–Trinajstić information content (AvgIpc) is 2.63. The van der Waals surface area contributed by atoms with Crippen molar-refractivity contribution in [3.05, 3.63) is 35.9 Å². The van der Waals surface area contributed by atoms with Crippen LogP contribution < -0.4 is 0 Å². The van der Waals surface area contributed by atoms with Gasteiger partial charge in [0.2, 0.25) is 0 Å². The van der Waals surface area contributed by atoms with E-state index in [0.717, 1.165) is 38.5 Å². The number of carboxylic acid groups (broad SMARTS) is 1. The van der Waals surface area contributed by atoms with Gasteiger partial charge in [-0.1, -0.05) is 69.4 Å². The molecule has 142 valence electrons. The number of rotatable bonds is 12. The Morgan fingerprint density at radius 3 is 1.96 bits per heavy atom. The van der Waals surface area contributed by atoms with Gasteiger partial charge in [-0.25, -0.2) is 0 Å². The lowest BCUT2D eigenvalue weighted by atomic mass is 10.1. The van der Waals surface area contributed by atoms with Crippen LogP contribution in [0.1, 0.15) is 76.7 Å². The monoisotopic (exact) mass is 350 g/mol. The highest BCUT2D eigenvalue weighted by Crippen LogP contribution is 2.08. The Morgan fingerprint density at radius 1 is 0.880 bits per heavy atom. The highest BCUT2D eigenvalue weighted by Gasteiger charge is 1.99. The topological polar surface area (TPSA) is 63.6 Å². The normalized spacial score (nSPS) is 9.84. The van der Waals surface area contributed by atoms with Gasteiger partial charge in [-0.05, 0) is 31.2 Å². The van der Waals surface area contributed by atoms with Crippen molar-refractivity contribution in [3.8, 4) is 0 Å². The third-order valence-corrected chi connectivity index (χ3v) is 3.91. The van der Waals surface area contributed by atoms with E-state index in [2.05, 4.69) is 42.0 Å². The standard InChI is InChI=1S/C11H20O4.C10H14/c1-15-11(14)9-7-5-3-2-4-6-8-10(12)13;1-2-3-7-10-8-5-4-6-9-10/h2-9H2,1H3,(H,12,13);4-6,8-9H,2-3,7H2,1H3.